The first-order valence-corrected chi connectivity index (χ1v) is 7.90. The Morgan fingerprint density at radius 3 is 2.83 bits per heavy atom. The third-order valence-corrected chi connectivity index (χ3v) is 3.92. The van der Waals surface area contributed by atoms with Gasteiger partial charge in [-0.1, -0.05) is 15.9 Å². The van der Waals surface area contributed by atoms with Crippen LogP contribution in [0.1, 0.15) is 5.56 Å². The number of halogens is 2. The maximum absolute atomic E-state index is 12.2. The Bertz CT molecular complexity index is 565. The Balaban J connectivity index is 0.00000264. The number of carbonyl (C=O) groups excluding carboxylic acids is 2. The van der Waals surface area contributed by atoms with Crippen LogP contribution in [0, 0.1) is 6.92 Å². The van der Waals surface area contributed by atoms with E-state index in [1.165, 1.54) is 4.90 Å². The highest BCUT2D eigenvalue weighted by Gasteiger charge is 2.25. The van der Waals surface area contributed by atoms with Crippen molar-refractivity contribution in [2.24, 2.45) is 0 Å². The molecule has 2 rings (SSSR count). The second-order valence-electron chi connectivity index (χ2n) is 5.27. The number of aryl methyl sites for hydroxylation is 1. The molecule has 0 aliphatic carbocycles. The zero-order chi connectivity index (χ0) is 16.1. The largest absolute Gasteiger partial charge is 0.366 e. The van der Waals surface area contributed by atoms with Crippen LogP contribution in [-0.4, -0.2) is 56.1 Å². The van der Waals surface area contributed by atoms with E-state index in [0.29, 0.717) is 13.2 Å². The van der Waals surface area contributed by atoms with Crippen LogP contribution in [0.2, 0.25) is 0 Å². The molecule has 8 heteroatoms. The minimum absolute atomic E-state index is 0. The van der Waals surface area contributed by atoms with Crippen LogP contribution < -0.4 is 10.6 Å². The normalized spacial score (nSPS) is 17.1. The number of benzene rings is 1. The van der Waals surface area contributed by atoms with Gasteiger partial charge in [-0.3, -0.25) is 9.59 Å². The van der Waals surface area contributed by atoms with Crippen LogP contribution in [0.25, 0.3) is 0 Å². The van der Waals surface area contributed by atoms with Gasteiger partial charge in [0.1, 0.15) is 6.10 Å². The zero-order valence-electron chi connectivity index (χ0n) is 13.1. The van der Waals surface area contributed by atoms with Crippen molar-refractivity contribution < 1.29 is 14.3 Å². The van der Waals surface area contributed by atoms with E-state index in [1.54, 1.807) is 7.05 Å². The lowest BCUT2D eigenvalue weighted by atomic mass is 10.2. The van der Waals surface area contributed by atoms with Crippen molar-refractivity contribution >= 4 is 45.8 Å². The molecule has 0 aromatic heterocycles. The van der Waals surface area contributed by atoms with Crippen LogP contribution >= 0.6 is 28.3 Å². The van der Waals surface area contributed by atoms with Crippen molar-refractivity contribution in [3.63, 3.8) is 0 Å². The van der Waals surface area contributed by atoms with E-state index >= 15 is 0 Å². The molecule has 1 unspecified atom stereocenters. The molecule has 1 fully saturated rings. The third-order valence-electron chi connectivity index (χ3n) is 3.42. The summed E-state index contributed by atoms with van der Waals surface area (Å²) in [6, 6.07) is 5.61. The number of morpholine rings is 1. The summed E-state index contributed by atoms with van der Waals surface area (Å²) >= 11 is 3.38. The number of carbonyl (C=O) groups is 2. The van der Waals surface area contributed by atoms with E-state index in [4.69, 9.17) is 4.74 Å². The highest BCUT2D eigenvalue weighted by atomic mass is 79.9. The highest BCUT2D eigenvalue weighted by Crippen LogP contribution is 2.19. The topological polar surface area (TPSA) is 70.7 Å². The lowest BCUT2D eigenvalue weighted by Crippen LogP contribution is -2.49. The fourth-order valence-corrected chi connectivity index (χ4v) is 2.70. The minimum Gasteiger partial charge on any atom is -0.366 e. The number of nitrogens with zero attached hydrogens (tertiary/aromatic N) is 1. The van der Waals surface area contributed by atoms with E-state index in [1.807, 2.05) is 25.1 Å². The monoisotopic (exact) mass is 405 g/mol. The molecule has 1 heterocycles. The van der Waals surface area contributed by atoms with Crippen LogP contribution in [-0.2, 0) is 14.3 Å². The Morgan fingerprint density at radius 1 is 1.48 bits per heavy atom. The standard InChI is InChI=1S/C15H20BrN3O3.ClH/c1-10-7-11(16)3-4-12(10)18-14(20)9-19(2)15(21)13-8-17-5-6-22-13;/h3-4,7,13,17H,5-6,8-9H2,1-2H3,(H,18,20);1H. The van der Waals surface area contributed by atoms with E-state index < -0.39 is 6.10 Å². The van der Waals surface area contributed by atoms with Crippen LogP contribution in [0.15, 0.2) is 22.7 Å². The molecule has 128 valence electrons. The van der Waals surface area contributed by atoms with Gasteiger partial charge in [0.05, 0.1) is 13.2 Å². The number of rotatable bonds is 4. The van der Waals surface area contributed by atoms with Crippen LogP contribution in [0.4, 0.5) is 5.69 Å². The van der Waals surface area contributed by atoms with E-state index in [2.05, 4.69) is 26.6 Å². The summed E-state index contributed by atoms with van der Waals surface area (Å²) in [5, 5.41) is 5.92. The van der Waals surface area contributed by atoms with Crippen LogP contribution in [0.3, 0.4) is 0 Å². The second kappa shape index (κ2) is 9.22. The summed E-state index contributed by atoms with van der Waals surface area (Å²) in [4.78, 5) is 25.6. The fourth-order valence-electron chi connectivity index (χ4n) is 2.22. The molecule has 23 heavy (non-hydrogen) atoms. The van der Waals surface area contributed by atoms with E-state index in [9.17, 15) is 9.59 Å². The summed E-state index contributed by atoms with van der Waals surface area (Å²) in [5.41, 5.74) is 1.70. The smallest absolute Gasteiger partial charge is 0.253 e. The molecule has 2 N–H and O–H groups in total. The molecular formula is C15H21BrClN3O3. The molecule has 0 saturated carbocycles. The Hall–Kier alpha value is -1.15. The van der Waals surface area contributed by atoms with Crippen LogP contribution in [0.5, 0.6) is 0 Å². The number of amides is 2. The van der Waals surface area contributed by atoms with Gasteiger partial charge in [0, 0.05) is 30.3 Å². The average Bonchev–Trinajstić information content (AvgIpc) is 2.50. The van der Waals surface area contributed by atoms with Crippen molar-refractivity contribution in [3.8, 4) is 0 Å². The molecule has 1 atom stereocenters. The molecule has 1 saturated heterocycles. The fraction of sp³-hybridized carbons (Fsp3) is 0.467. The maximum Gasteiger partial charge on any atom is 0.253 e. The minimum atomic E-state index is -0.513. The van der Waals surface area contributed by atoms with Crippen molar-refractivity contribution in [3.05, 3.63) is 28.2 Å². The molecule has 0 spiro atoms. The van der Waals surface area contributed by atoms with E-state index in [-0.39, 0.29) is 30.8 Å². The molecule has 1 aliphatic rings. The second-order valence-corrected chi connectivity index (χ2v) is 6.18. The first-order valence-electron chi connectivity index (χ1n) is 7.10. The number of hydrogen-bond acceptors (Lipinski definition) is 4. The molecule has 1 aromatic carbocycles. The molecule has 1 aromatic rings. The first kappa shape index (κ1) is 19.9. The summed E-state index contributed by atoms with van der Waals surface area (Å²) < 4.78 is 6.36. The average molecular weight is 407 g/mol. The Labute approximate surface area is 150 Å². The van der Waals surface area contributed by atoms with Gasteiger partial charge in [-0.25, -0.2) is 0 Å². The molecule has 1 aliphatic heterocycles. The first-order chi connectivity index (χ1) is 10.5. The van der Waals surface area contributed by atoms with Gasteiger partial charge in [-0.15, -0.1) is 12.4 Å². The van der Waals surface area contributed by atoms with Gasteiger partial charge in [0.15, 0.2) is 0 Å². The predicted molar refractivity (Wildman–Crippen MR) is 95.0 cm³/mol. The Morgan fingerprint density at radius 2 is 2.22 bits per heavy atom. The predicted octanol–water partition coefficient (Wildman–Crippen LogP) is 1.56. The van der Waals surface area contributed by atoms with Crippen molar-refractivity contribution in [1.82, 2.24) is 10.2 Å². The van der Waals surface area contributed by atoms with Crippen molar-refractivity contribution in [1.29, 1.82) is 0 Å². The molecule has 0 radical (unpaired) electrons. The van der Waals surface area contributed by atoms with Gasteiger partial charge in [0.2, 0.25) is 5.91 Å². The van der Waals surface area contributed by atoms with Gasteiger partial charge < -0.3 is 20.3 Å². The third kappa shape index (κ3) is 5.76. The van der Waals surface area contributed by atoms with Gasteiger partial charge in [-0.2, -0.15) is 0 Å². The quantitative estimate of drug-likeness (QED) is 0.796. The SMILES string of the molecule is Cc1cc(Br)ccc1NC(=O)CN(C)C(=O)C1CNCCO1.Cl. The number of likely N-dealkylation sites (N-methyl/N-ethyl adjacent to an activating group) is 1. The summed E-state index contributed by atoms with van der Waals surface area (Å²) in [5.74, 6) is -0.417. The van der Waals surface area contributed by atoms with E-state index in [0.717, 1.165) is 22.3 Å². The van der Waals surface area contributed by atoms with Gasteiger partial charge in [-0.05, 0) is 30.7 Å². The summed E-state index contributed by atoms with van der Waals surface area (Å²) in [6.07, 6.45) is -0.513. The lowest BCUT2D eigenvalue weighted by molar-refractivity contribution is -0.145. The van der Waals surface area contributed by atoms with Crippen molar-refractivity contribution in [2.75, 3.05) is 38.6 Å². The zero-order valence-corrected chi connectivity index (χ0v) is 15.5. The number of anilines is 1. The van der Waals surface area contributed by atoms with Gasteiger partial charge in [0.25, 0.3) is 5.91 Å². The summed E-state index contributed by atoms with van der Waals surface area (Å²) in [6.45, 7) is 3.65. The molecular weight excluding hydrogens is 386 g/mol. The highest BCUT2D eigenvalue weighted by molar-refractivity contribution is 9.10. The van der Waals surface area contributed by atoms with Crippen molar-refractivity contribution in [2.45, 2.75) is 13.0 Å². The Kier molecular flexibility index (Phi) is 7.98. The maximum atomic E-state index is 12.2. The number of ether oxygens (including phenoxy) is 1. The molecule has 0 bridgehead atoms. The summed E-state index contributed by atoms with van der Waals surface area (Å²) in [7, 11) is 1.61. The number of hydrogen-bond donors (Lipinski definition) is 2. The molecule has 6 nitrogen and oxygen atoms in total. The molecule has 2 amide bonds. The lowest BCUT2D eigenvalue weighted by Gasteiger charge is -2.27. The number of nitrogens with one attached hydrogen (secondary N) is 2. The van der Waals surface area contributed by atoms with Gasteiger partial charge >= 0.3 is 0 Å².